The second-order valence-electron chi connectivity index (χ2n) is 5.50. The zero-order chi connectivity index (χ0) is 18.3. The van der Waals surface area contributed by atoms with E-state index in [1.807, 2.05) is 24.3 Å². The summed E-state index contributed by atoms with van der Waals surface area (Å²) in [4.78, 5) is 11.8. The van der Waals surface area contributed by atoms with Crippen LogP contribution in [0.2, 0.25) is 0 Å². The van der Waals surface area contributed by atoms with Gasteiger partial charge in [-0.15, -0.1) is 0 Å². The molecule has 0 aliphatic carbocycles. The molecule has 0 atom stereocenters. The van der Waals surface area contributed by atoms with Gasteiger partial charge in [0.1, 0.15) is 0 Å². The topological polar surface area (TPSA) is 101 Å². The minimum Gasteiger partial charge on any atom is -0.338 e. The minimum atomic E-state index is -3.67. The van der Waals surface area contributed by atoms with Gasteiger partial charge in [0.15, 0.2) is 0 Å². The number of hydrogen-bond acceptors (Lipinski definition) is 3. The average molecular weight is 426 g/mol. The molecule has 0 fully saturated rings. The molecule has 0 saturated heterocycles. The van der Waals surface area contributed by atoms with E-state index < -0.39 is 10.0 Å². The summed E-state index contributed by atoms with van der Waals surface area (Å²) in [7, 11) is -3.67. The Bertz CT molecular complexity index is 806. The Morgan fingerprint density at radius 2 is 1.32 bits per heavy atom. The fourth-order valence-electron chi connectivity index (χ4n) is 2.20. The van der Waals surface area contributed by atoms with E-state index in [2.05, 4.69) is 26.6 Å². The van der Waals surface area contributed by atoms with Crippen molar-refractivity contribution in [2.75, 3.05) is 13.1 Å². The lowest BCUT2D eigenvalue weighted by molar-refractivity contribution is 0.241. The van der Waals surface area contributed by atoms with Gasteiger partial charge < -0.3 is 10.6 Å². The Morgan fingerprint density at radius 1 is 0.880 bits per heavy atom. The first-order valence-corrected chi connectivity index (χ1v) is 10.1. The Hall–Kier alpha value is -1.90. The lowest BCUT2D eigenvalue weighted by Crippen LogP contribution is -2.37. The van der Waals surface area contributed by atoms with E-state index in [-0.39, 0.29) is 10.9 Å². The number of sulfonamides is 1. The Morgan fingerprint density at radius 3 is 1.76 bits per heavy atom. The fraction of sp³-hybridized carbons (Fsp3) is 0.235. The summed E-state index contributed by atoms with van der Waals surface area (Å²) in [5.41, 5.74) is 2.07. The molecule has 2 aromatic carbocycles. The van der Waals surface area contributed by atoms with E-state index in [4.69, 9.17) is 5.14 Å². The van der Waals surface area contributed by atoms with Crippen LogP contribution in [0.1, 0.15) is 11.1 Å². The van der Waals surface area contributed by atoms with Gasteiger partial charge in [-0.2, -0.15) is 0 Å². The molecule has 2 amide bonds. The number of amides is 2. The summed E-state index contributed by atoms with van der Waals surface area (Å²) < 4.78 is 23.4. The van der Waals surface area contributed by atoms with E-state index in [9.17, 15) is 13.2 Å². The van der Waals surface area contributed by atoms with Crippen molar-refractivity contribution in [3.63, 3.8) is 0 Å². The van der Waals surface area contributed by atoms with Crippen LogP contribution in [0.15, 0.2) is 57.9 Å². The van der Waals surface area contributed by atoms with Gasteiger partial charge in [-0.1, -0.05) is 40.2 Å². The molecule has 0 spiro atoms. The lowest BCUT2D eigenvalue weighted by atomic mass is 10.1. The van der Waals surface area contributed by atoms with Gasteiger partial charge in [0.25, 0.3) is 0 Å². The van der Waals surface area contributed by atoms with E-state index in [1.165, 1.54) is 12.1 Å². The molecule has 0 bridgehead atoms. The number of nitrogens with one attached hydrogen (secondary N) is 2. The van der Waals surface area contributed by atoms with Crippen LogP contribution in [0, 0.1) is 0 Å². The molecule has 0 aliphatic rings. The maximum atomic E-state index is 11.7. The van der Waals surface area contributed by atoms with Crippen LogP contribution in [0.25, 0.3) is 0 Å². The smallest absolute Gasteiger partial charge is 0.314 e. The summed E-state index contributed by atoms with van der Waals surface area (Å²) in [6, 6.07) is 14.0. The van der Waals surface area contributed by atoms with Gasteiger partial charge >= 0.3 is 6.03 Å². The van der Waals surface area contributed by atoms with Crippen molar-refractivity contribution in [3.05, 3.63) is 64.1 Å². The van der Waals surface area contributed by atoms with Crippen molar-refractivity contribution in [1.29, 1.82) is 0 Å². The number of nitrogens with two attached hydrogens (primary N) is 1. The first-order valence-electron chi connectivity index (χ1n) is 7.72. The Labute approximate surface area is 156 Å². The first-order chi connectivity index (χ1) is 11.8. The third-order valence-electron chi connectivity index (χ3n) is 3.56. The summed E-state index contributed by atoms with van der Waals surface area (Å²) in [5.74, 6) is 0. The molecular weight excluding hydrogens is 406 g/mol. The van der Waals surface area contributed by atoms with Gasteiger partial charge in [0, 0.05) is 17.6 Å². The number of halogens is 1. The third-order valence-corrected chi connectivity index (χ3v) is 5.02. The molecule has 134 valence electrons. The molecule has 0 aliphatic heterocycles. The molecule has 2 aromatic rings. The van der Waals surface area contributed by atoms with Crippen LogP contribution in [0.3, 0.4) is 0 Å². The number of carbonyl (C=O) groups is 1. The van der Waals surface area contributed by atoms with Gasteiger partial charge in [0.05, 0.1) is 4.90 Å². The van der Waals surface area contributed by atoms with E-state index in [0.29, 0.717) is 19.5 Å². The first kappa shape index (κ1) is 19.4. The average Bonchev–Trinajstić information content (AvgIpc) is 2.56. The molecule has 0 aromatic heterocycles. The number of rotatable bonds is 7. The molecule has 4 N–H and O–H groups in total. The van der Waals surface area contributed by atoms with Crippen LogP contribution in [-0.4, -0.2) is 27.5 Å². The maximum Gasteiger partial charge on any atom is 0.314 e. The second-order valence-corrected chi connectivity index (χ2v) is 7.98. The molecular formula is C17H20BrN3O3S. The molecule has 6 nitrogen and oxygen atoms in total. The second kappa shape index (κ2) is 8.98. The minimum absolute atomic E-state index is 0.0786. The van der Waals surface area contributed by atoms with E-state index in [1.54, 1.807) is 12.1 Å². The highest BCUT2D eigenvalue weighted by atomic mass is 79.9. The van der Waals surface area contributed by atoms with Crippen molar-refractivity contribution in [2.24, 2.45) is 5.14 Å². The number of hydrogen-bond donors (Lipinski definition) is 3. The van der Waals surface area contributed by atoms with Crippen LogP contribution in [0.4, 0.5) is 4.79 Å². The van der Waals surface area contributed by atoms with Crippen LogP contribution in [0.5, 0.6) is 0 Å². The molecule has 2 rings (SSSR count). The van der Waals surface area contributed by atoms with Gasteiger partial charge in [-0.25, -0.2) is 18.4 Å². The van der Waals surface area contributed by atoms with Crippen LogP contribution >= 0.6 is 15.9 Å². The number of benzene rings is 2. The van der Waals surface area contributed by atoms with Gasteiger partial charge in [0.2, 0.25) is 10.0 Å². The largest absolute Gasteiger partial charge is 0.338 e. The predicted octanol–water partition coefficient (Wildman–Crippen LogP) is 2.18. The maximum absolute atomic E-state index is 11.7. The fourth-order valence-corrected chi connectivity index (χ4v) is 2.98. The highest BCUT2D eigenvalue weighted by Crippen LogP contribution is 2.10. The lowest BCUT2D eigenvalue weighted by Gasteiger charge is -2.08. The highest BCUT2D eigenvalue weighted by Gasteiger charge is 2.06. The monoisotopic (exact) mass is 425 g/mol. The molecule has 0 heterocycles. The normalized spacial score (nSPS) is 11.1. The van der Waals surface area contributed by atoms with Crippen molar-refractivity contribution in [3.8, 4) is 0 Å². The highest BCUT2D eigenvalue weighted by molar-refractivity contribution is 9.10. The van der Waals surface area contributed by atoms with Crippen molar-refractivity contribution < 1.29 is 13.2 Å². The van der Waals surface area contributed by atoms with Crippen molar-refractivity contribution in [2.45, 2.75) is 17.7 Å². The summed E-state index contributed by atoms with van der Waals surface area (Å²) in [6.07, 6.45) is 1.36. The van der Waals surface area contributed by atoms with Crippen molar-refractivity contribution in [1.82, 2.24) is 10.6 Å². The molecule has 8 heteroatoms. The summed E-state index contributed by atoms with van der Waals surface area (Å²) in [5, 5.41) is 10.6. The SMILES string of the molecule is NS(=O)(=O)c1ccc(CCNC(=O)NCCc2ccc(Br)cc2)cc1. The molecule has 25 heavy (non-hydrogen) atoms. The summed E-state index contributed by atoms with van der Waals surface area (Å²) >= 11 is 3.38. The molecule has 0 saturated carbocycles. The van der Waals surface area contributed by atoms with Gasteiger partial charge in [-0.3, -0.25) is 0 Å². The zero-order valence-electron chi connectivity index (χ0n) is 13.5. The van der Waals surface area contributed by atoms with E-state index in [0.717, 1.165) is 22.0 Å². The van der Waals surface area contributed by atoms with Crippen LogP contribution in [-0.2, 0) is 22.9 Å². The Kier molecular flexibility index (Phi) is 6.98. The predicted molar refractivity (Wildman–Crippen MR) is 101 cm³/mol. The molecule has 0 unspecified atom stereocenters. The quantitative estimate of drug-likeness (QED) is 0.633. The van der Waals surface area contributed by atoms with Crippen molar-refractivity contribution >= 4 is 32.0 Å². The Balaban J connectivity index is 1.67. The van der Waals surface area contributed by atoms with Crippen LogP contribution < -0.4 is 15.8 Å². The van der Waals surface area contributed by atoms with Gasteiger partial charge in [-0.05, 0) is 48.2 Å². The standard InChI is InChI=1S/C17H20BrN3O3S/c18-15-5-1-13(2-6-15)9-11-20-17(22)21-12-10-14-3-7-16(8-4-14)25(19,23)24/h1-8H,9-12H2,(H2,19,23,24)(H2,20,21,22). The third kappa shape index (κ3) is 6.85. The number of primary sulfonamides is 1. The molecule has 0 radical (unpaired) electrons. The number of urea groups is 1. The van der Waals surface area contributed by atoms with E-state index >= 15 is 0 Å². The summed E-state index contributed by atoms with van der Waals surface area (Å²) in [6.45, 7) is 1.01. The zero-order valence-corrected chi connectivity index (χ0v) is 15.9. The number of carbonyl (C=O) groups excluding carboxylic acids is 1.